The van der Waals surface area contributed by atoms with Crippen LogP contribution >= 0.6 is 0 Å². The molecule has 1 fully saturated rings. The fraction of sp³-hybridized carbons (Fsp3) is 0.625. The molecule has 3 rings (SSSR count). The van der Waals surface area contributed by atoms with Gasteiger partial charge in [-0.2, -0.15) is 0 Å². The molecule has 0 spiro atoms. The summed E-state index contributed by atoms with van der Waals surface area (Å²) in [5, 5.41) is 3.02. The van der Waals surface area contributed by atoms with E-state index < -0.39 is 0 Å². The van der Waals surface area contributed by atoms with E-state index in [1.165, 1.54) is 18.4 Å². The molecule has 0 aliphatic heterocycles. The number of amides is 1. The number of pyridine rings is 1. The normalized spacial score (nSPS) is 22.0. The van der Waals surface area contributed by atoms with Crippen molar-refractivity contribution in [2.45, 2.75) is 57.4 Å². The van der Waals surface area contributed by atoms with Crippen LogP contribution in [-0.2, 0) is 13.5 Å². The Morgan fingerprint density at radius 1 is 1.30 bits per heavy atom. The maximum absolute atomic E-state index is 12.4. The SMILES string of the molecule is C[C@H]1CCc2c1cc(C(=O)NC1CCCC1)c(=O)n2C. The number of nitrogens with zero attached hydrogens (tertiary/aromatic N) is 1. The first-order chi connectivity index (χ1) is 9.58. The summed E-state index contributed by atoms with van der Waals surface area (Å²) in [7, 11) is 1.78. The van der Waals surface area contributed by atoms with E-state index in [0.29, 0.717) is 11.5 Å². The molecular weight excluding hydrogens is 252 g/mol. The first-order valence-electron chi connectivity index (χ1n) is 7.61. The van der Waals surface area contributed by atoms with Gasteiger partial charge in [-0.25, -0.2) is 0 Å². The molecule has 1 N–H and O–H groups in total. The second-order valence-electron chi connectivity index (χ2n) is 6.22. The Hall–Kier alpha value is -1.58. The monoisotopic (exact) mass is 274 g/mol. The molecule has 1 amide bonds. The van der Waals surface area contributed by atoms with Gasteiger partial charge < -0.3 is 9.88 Å². The second kappa shape index (κ2) is 5.08. The molecule has 0 radical (unpaired) electrons. The highest BCUT2D eigenvalue weighted by molar-refractivity contribution is 5.94. The fourth-order valence-corrected chi connectivity index (χ4v) is 3.54. The molecule has 20 heavy (non-hydrogen) atoms. The number of nitrogens with one attached hydrogen (secondary N) is 1. The first kappa shape index (κ1) is 13.4. The lowest BCUT2D eigenvalue weighted by Gasteiger charge is -2.15. The standard InChI is InChI=1S/C16H22N2O2/c1-10-7-8-14-12(10)9-13(16(20)18(14)2)15(19)17-11-5-3-4-6-11/h9-11H,3-8H2,1-2H3,(H,17,19)/t10-/m0/s1. The highest BCUT2D eigenvalue weighted by Crippen LogP contribution is 2.31. The Morgan fingerprint density at radius 3 is 2.70 bits per heavy atom. The predicted octanol–water partition coefficient (Wildman–Crippen LogP) is 2.11. The van der Waals surface area contributed by atoms with Crippen LogP contribution in [0, 0.1) is 0 Å². The van der Waals surface area contributed by atoms with Crippen molar-refractivity contribution >= 4 is 5.91 Å². The summed E-state index contributed by atoms with van der Waals surface area (Å²) in [5.74, 6) is 0.245. The number of hydrogen-bond donors (Lipinski definition) is 1. The quantitative estimate of drug-likeness (QED) is 0.898. The molecule has 2 aliphatic carbocycles. The van der Waals surface area contributed by atoms with Crippen molar-refractivity contribution in [3.63, 3.8) is 0 Å². The van der Waals surface area contributed by atoms with Crippen molar-refractivity contribution in [2.24, 2.45) is 7.05 Å². The number of carbonyl (C=O) groups excluding carboxylic acids is 1. The Kier molecular flexibility index (Phi) is 3.40. The van der Waals surface area contributed by atoms with Gasteiger partial charge in [0.05, 0.1) is 0 Å². The lowest BCUT2D eigenvalue weighted by Crippen LogP contribution is -2.38. The van der Waals surface area contributed by atoms with E-state index in [4.69, 9.17) is 0 Å². The van der Waals surface area contributed by atoms with Crippen molar-refractivity contribution in [3.05, 3.63) is 33.2 Å². The van der Waals surface area contributed by atoms with Gasteiger partial charge >= 0.3 is 0 Å². The lowest BCUT2D eigenvalue weighted by atomic mass is 10.0. The fourth-order valence-electron chi connectivity index (χ4n) is 3.54. The summed E-state index contributed by atoms with van der Waals surface area (Å²) >= 11 is 0. The maximum atomic E-state index is 12.4. The molecule has 2 aliphatic rings. The van der Waals surface area contributed by atoms with E-state index in [9.17, 15) is 9.59 Å². The van der Waals surface area contributed by atoms with Crippen LogP contribution < -0.4 is 10.9 Å². The van der Waals surface area contributed by atoms with Gasteiger partial charge in [0.1, 0.15) is 5.56 Å². The van der Waals surface area contributed by atoms with Crippen LogP contribution in [0.1, 0.15) is 66.6 Å². The third-order valence-electron chi connectivity index (χ3n) is 4.85. The predicted molar refractivity (Wildman–Crippen MR) is 78.1 cm³/mol. The summed E-state index contributed by atoms with van der Waals surface area (Å²) in [4.78, 5) is 24.7. The molecule has 1 saturated carbocycles. The molecule has 108 valence electrons. The van der Waals surface area contributed by atoms with Crippen molar-refractivity contribution < 1.29 is 4.79 Å². The molecule has 1 heterocycles. The van der Waals surface area contributed by atoms with Gasteiger partial charge in [-0.1, -0.05) is 19.8 Å². The van der Waals surface area contributed by atoms with Crippen molar-refractivity contribution in [3.8, 4) is 0 Å². The van der Waals surface area contributed by atoms with E-state index >= 15 is 0 Å². The molecule has 0 unspecified atom stereocenters. The Balaban J connectivity index is 1.93. The molecule has 1 aromatic heterocycles. The van der Waals surface area contributed by atoms with Crippen LogP contribution in [0.3, 0.4) is 0 Å². The molecular formula is C16H22N2O2. The van der Waals surface area contributed by atoms with Gasteiger partial charge in [-0.15, -0.1) is 0 Å². The van der Waals surface area contributed by atoms with Gasteiger partial charge in [0.25, 0.3) is 11.5 Å². The van der Waals surface area contributed by atoms with E-state index in [2.05, 4.69) is 12.2 Å². The average Bonchev–Trinajstić information content (AvgIpc) is 3.04. The minimum Gasteiger partial charge on any atom is -0.349 e. The van der Waals surface area contributed by atoms with E-state index in [1.54, 1.807) is 11.6 Å². The van der Waals surface area contributed by atoms with Crippen molar-refractivity contribution in [1.29, 1.82) is 0 Å². The second-order valence-corrected chi connectivity index (χ2v) is 6.22. The summed E-state index contributed by atoms with van der Waals surface area (Å²) in [6.45, 7) is 2.16. The van der Waals surface area contributed by atoms with Crippen LogP contribution in [0.4, 0.5) is 0 Å². The molecule has 4 heteroatoms. The van der Waals surface area contributed by atoms with E-state index in [1.807, 2.05) is 6.07 Å². The number of rotatable bonds is 2. The molecule has 0 bridgehead atoms. The lowest BCUT2D eigenvalue weighted by molar-refractivity contribution is 0.0935. The summed E-state index contributed by atoms with van der Waals surface area (Å²) in [5.41, 5.74) is 2.42. The molecule has 0 saturated heterocycles. The van der Waals surface area contributed by atoms with Crippen LogP contribution in [0.25, 0.3) is 0 Å². The maximum Gasteiger partial charge on any atom is 0.263 e. The summed E-state index contributed by atoms with van der Waals surface area (Å²) in [6.07, 6.45) is 6.41. The first-order valence-corrected chi connectivity index (χ1v) is 7.61. The molecule has 0 aromatic carbocycles. The van der Waals surface area contributed by atoms with Crippen LogP contribution in [0.15, 0.2) is 10.9 Å². The van der Waals surface area contributed by atoms with Gasteiger partial charge in [-0.3, -0.25) is 9.59 Å². The van der Waals surface area contributed by atoms with Gasteiger partial charge in [0, 0.05) is 18.8 Å². The zero-order chi connectivity index (χ0) is 14.3. The molecule has 1 atom stereocenters. The zero-order valence-electron chi connectivity index (χ0n) is 12.2. The van der Waals surface area contributed by atoms with E-state index in [0.717, 1.165) is 31.4 Å². The number of carbonyl (C=O) groups is 1. The summed E-state index contributed by atoms with van der Waals surface area (Å²) in [6, 6.07) is 2.08. The highest BCUT2D eigenvalue weighted by atomic mass is 16.2. The average molecular weight is 274 g/mol. The van der Waals surface area contributed by atoms with Crippen molar-refractivity contribution in [1.82, 2.24) is 9.88 Å². The number of fused-ring (bicyclic) bond motifs is 1. The number of aromatic nitrogens is 1. The van der Waals surface area contributed by atoms with Gasteiger partial charge in [-0.05, 0) is 43.2 Å². The Bertz CT molecular complexity index is 597. The highest BCUT2D eigenvalue weighted by Gasteiger charge is 2.26. The molecule has 4 nitrogen and oxygen atoms in total. The van der Waals surface area contributed by atoms with Crippen LogP contribution in [0.5, 0.6) is 0 Å². The third kappa shape index (κ3) is 2.17. The number of hydrogen-bond acceptors (Lipinski definition) is 2. The van der Waals surface area contributed by atoms with Crippen LogP contribution in [-0.4, -0.2) is 16.5 Å². The minimum atomic E-state index is -0.195. The largest absolute Gasteiger partial charge is 0.349 e. The Morgan fingerprint density at radius 2 is 2.00 bits per heavy atom. The van der Waals surface area contributed by atoms with Gasteiger partial charge in [0.2, 0.25) is 0 Å². The zero-order valence-corrected chi connectivity index (χ0v) is 12.2. The van der Waals surface area contributed by atoms with Crippen LogP contribution in [0.2, 0.25) is 0 Å². The third-order valence-corrected chi connectivity index (χ3v) is 4.85. The smallest absolute Gasteiger partial charge is 0.263 e. The van der Waals surface area contributed by atoms with Gasteiger partial charge in [0.15, 0.2) is 0 Å². The van der Waals surface area contributed by atoms with E-state index in [-0.39, 0.29) is 17.5 Å². The topological polar surface area (TPSA) is 51.1 Å². The Labute approximate surface area is 119 Å². The minimum absolute atomic E-state index is 0.159. The molecule has 1 aromatic rings. The summed E-state index contributed by atoms with van der Waals surface area (Å²) < 4.78 is 1.67. The van der Waals surface area contributed by atoms with Crippen molar-refractivity contribution in [2.75, 3.05) is 0 Å².